The largest absolute Gasteiger partial charge is 0.354 e. The third-order valence-corrected chi connectivity index (χ3v) is 6.24. The maximum atomic E-state index is 12.4. The second-order valence-electron chi connectivity index (χ2n) is 8.53. The molecule has 0 saturated carbocycles. The van der Waals surface area contributed by atoms with Crippen LogP contribution >= 0.6 is 11.6 Å². The Bertz CT molecular complexity index is 1130. The number of amides is 1. The smallest absolute Gasteiger partial charge is 0.267 e. The highest BCUT2D eigenvalue weighted by Gasteiger charge is 2.16. The summed E-state index contributed by atoms with van der Waals surface area (Å²) in [6.07, 6.45) is 0.873. The first-order valence-corrected chi connectivity index (χ1v) is 12.0. The van der Waals surface area contributed by atoms with E-state index in [2.05, 4.69) is 44.5 Å². The van der Waals surface area contributed by atoms with Crippen LogP contribution in [-0.4, -0.2) is 64.8 Å². The van der Waals surface area contributed by atoms with Crippen LogP contribution in [0, 0.1) is 0 Å². The molecule has 0 bridgehead atoms. The normalized spacial score (nSPS) is 14.7. The van der Waals surface area contributed by atoms with E-state index in [1.165, 1.54) is 16.3 Å². The van der Waals surface area contributed by atoms with Crippen LogP contribution in [0.1, 0.15) is 12.0 Å². The molecule has 1 N–H and O–H groups in total. The third-order valence-electron chi connectivity index (χ3n) is 5.99. The molecule has 7 nitrogen and oxygen atoms in total. The van der Waals surface area contributed by atoms with Gasteiger partial charge in [-0.15, -0.1) is 0 Å². The predicted octanol–water partition coefficient (Wildman–Crippen LogP) is 2.89. The summed E-state index contributed by atoms with van der Waals surface area (Å²) in [7, 11) is 0. The van der Waals surface area contributed by atoms with Gasteiger partial charge in [0.2, 0.25) is 5.91 Å². The van der Waals surface area contributed by atoms with Crippen LogP contribution in [0.15, 0.2) is 71.5 Å². The van der Waals surface area contributed by atoms with Crippen molar-refractivity contribution in [2.24, 2.45) is 0 Å². The van der Waals surface area contributed by atoms with Gasteiger partial charge in [-0.05, 0) is 36.7 Å². The Labute approximate surface area is 205 Å². The fraction of sp³-hybridized carbons (Fsp3) is 0.346. The Morgan fingerprint density at radius 2 is 1.62 bits per heavy atom. The van der Waals surface area contributed by atoms with Crippen molar-refractivity contribution >= 4 is 17.5 Å². The number of rotatable bonds is 9. The first-order valence-electron chi connectivity index (χ1n) is 11.7. The number of halogens is 1. The van der Waals surface area contributed by atoms with E-state index < -0.39 is 0 Å². The van der Waals surface area contributed by atoms with Crippen molar-refractivity contribution in [1.29, 1.82) is 0 Å². The highest BCUT2D eigenvalue weighted by Crippen LogP contribution is 2.18. The van der Waals surface area contributed by atoms with E-state index in [0.29, 0.717) is 17.3 Å². The van der Waals surface area contributed by atoms with Crippen molar-refractivity contribution in [3.05, 3.63) is 87.7 Å². The molecule has 1 fully saturated rings. The fourth-order valence-electron chi connectivity index (χ4n) is 4.07. The average molecular weight is 480 g/mol. The maximum Gasteiger partial charge on any atom is 0.267 e. The second kappa shape index (κ2) is 11.9. The summed E-state index contributed by atoms with van der Waals surface area (Å²) in [5, 5.41) is 7.88. The number of hydrogen-bond acceptors (Lipinski definition) is 5. The van der Waals surface area contributed by atoms with E-state index in [0.717, 1.165) is 51.3 Å². The summed E-state index contributed by atoms with van der Waals surface area (Å²) in [5.41, 5.74) is 2.50. The summed E-state index contributed by atoms with van der Waals surface area (Å²) >= 11 is 5.94. The number of nitrogens with zero attached hydrogens (tertiary/aromatic N) is 4. The highest BCUT2D eigenvalue weighted by atomic mass is 35.5. The lowest BCUT2D eigenvalue weighted by Crippen LogP contribution is -2.46. The van der Waals surface area contributed by atoms with Crippen LogP contribution in [-0.2, 0) is 17.9 Å². The Hall–Kier alpha value is -3.00. The lowest BCUT2D eigenvalue weighted by atomic mass is 10.1. The van der Waals surface area contributed by atoms with Gasteiger partial charge in [0, 0.05) is 55.9 Å². The molecule has 2 heterocycles. The van der Waals surface area contributed by atoms with Crippen molar-refractivity contribution in [2.45, 2.75) is 19.5 Å². The molecule has 2 aromatic carbocycles. The fourth-order valence-corrected chi connectivity index (χ4v) is 4.20. The van der Waals surface area contributed by atoms with Crippen LogP contribution in [0.25, 0.3) is 11.3 Å². The molecule has 178 valence electrons. The number of benzene rings is 2. The quantitative estimate of drug-likeness (QED) is 0.478. The summed E-state index contributed by atoms with van der Waals surface area (Å²) < 4.78 is 1.20. The van der Waals surface area contributed by atoms with Gasteiger partial charge in [0.25, 0.3) is 5.56 Å². The van der Waals surface area contributed by atoms with Crippen LogP contribution in [0.5, 0.6) is 0 Å². The summed E-state index contributed by atoms with van der Waals surface area (Å²) in [4.78, 5) is 29.5. The molecule has 0 aliphatic carbocycles. The lowest BCUT2D eigenvalue weighted by molar-refractivity contribution is -0.121. The van der Waals surface area contributed by atoms with Gasteiger partial charge < -0.3 is 10.2 Å². The van der Waals surface area contributed by atoms with Crippen molar-refractivity contribution in [3.63, 3.8) is 0 Å². The predicted molar refractivity (Wildman–Crippen MR) is 135 cm³/mol. The van der Waals surface area contributed by atoms with Gasteiger partial charge in [-0.2, -0.15) is 5.10 Å². The number of carbonyl (C=O) groups excluding carboxylic acids is 1. The van der Waals surface area contributed by atoms with Gasteiger partial charge >= 0.3 is 0 Å². The SMILES string of the molecule is O=C(Cn1nc(-c2ccc(Cl)cc2)ccc1=O)NCCCN1CCN(Cc2ccccc2)CC1. The molecule has 34 heavy (non-hydrogen) atoms. The van der Waals surface area contributed by atoms with E-state index in [9.17, 15) is 9.59 Å². The van der Waals surface area contributed by atoms with Gasteiger partial charge in [0.15, 0.2) is 0 Å². The Morgan fingerprint density at radius 3 is 2.35 bits per heavy atom. The zero-order valence-corrected chi connectivity index (χ0v) is 20.0. The molecule has 0 radical (unpaired) electrons. The van der Waals surface area contributed by atoms with Crippen molar-refractivity contribution in [3.8, 4) is 11.3 Å². The molecular weight excluding hydrogens is 450 g/mol. The third kappa shape index (κ3) is 7.00. The summed E-state index contributed by atoms with van der Waals surface area (Å²) in [6.45, 7) is 6.61. The summed E-state index contributed by atoms with van der Waals surface area (Å²) in [5.74, 6) is -0.212. The molecule has 1 saturated heterocycles. The molecule has 0 unspecified atom stereocenters. The Balaban J connectivity index is 1.17. The summed E-state index contributed by atoms with van der Waals surface area (Å²) in [6, 6.07) is 20.9. The molecule has 1 aromatic heterocycles. The zero-order chi connectivity index (χ0) is 23.8. The minimum Gasteiger partial charge on any atom is -0.354 e. The molecule has 0 spiro atoms. The van der Waals surface area contributed by atoms with E-state index in [4.69, 9.17) is 11.6 Å². The Kier molecular flexibility index (Phi) is 8.46. The van der Waals surface area contributed by atoms with E-state index in [-0.39, 0.29) is 18.0 Å². The first-order chi connectivity index (χ1) is 16.6. The van der Waals surface area contributed by atoms with Crippen LogP contribution in [0.2, 0.25) is 5.02 Å². The van der Waals surface area contributed by atoms with Gasteiger partial charge in [-0.1, -0.05) is 54.1 Å². The molecule has 1 aliphatic rings. The van der Waals surface area contributed by atoms with Crippen molar-refractivity contribution < 1.29 is 4.79 Å². The van der Waals surface area contributed by atoms with Gasteiger partial charge in [-0.3, -0.25) is 14.5 Å². The maximum absolute atomic E-state index is 12.4. The first kappa shape index (κ1) is 24.1. The zero-order valence-electron chi connectivity index (χ0n) is 19.2. The molecule has 1 aliphatic heterocycles. The van der Waals surface area contributed by atoms with Crippen LogP contribution in [0.4, 0.5) is 0 Å². The number of piperazine rings is 1. The van der Waals surface area contributed by atoms with E-state index in [1.54, 1.807) is 18.2 Å². The van der Waals surface area contributed by atoms with Crippen LogP contribution in [0.3, 0.4) is 0 Å². The number of hydrogen-bond donors (Lipinski definition) is 1. The van der Waals surface area contributed by atoms with Gasteiger partial charge in [0.05, 0.1) is 5.69 Å². The van der Waals surface area contributed by atoms with E-state index in [1.807, 2.05) is 18.2 Å². The molecule has 8 heteroatoms. The monoisotopic (exact) mass is 479 g/mol. The minimum atomic E-state index is -0.304. The molecular formula is C26H30ClN5O2. The van der Waals surface area contributed by atoms with Gasteiger partial charge in [-0.25, -0.2) is 4.68 Å². The second-order valence-corrected chi connectivity index (χ2v) is 8.96. The average Bonchev–Trinajstić information content (AvgIpc) is 2.85. The van der Waals surface area contributed by atoms with Crippen LogP contribution < -0.4 is 10.9 Å². The highest BCUT2D eigenvalue weighted by molar-refractivity contribution is 6.30. The van der Waals surface area contributed by atoms with Crippen molar-refractivity contribution in [2.75, 3.05) is 39.3 Å². The van der Waals surface area contributed by atoms with Crippen molar-refractivity contribution in [1.82, 2.24) is 24.9 Å². The molecule has 3 aromatic rings. The number of carbonyl (C=O) groups is 1. The number of aromatic nitrogens is 2. The molecule has 1 amide bonds. The lowest BCUT2D eigenvalue weighted by Gasteiger charge is -2.34. The Morgan fingerprint density at radius 1 is 0.912 bits per heavy atom. The molecule has 0 atom stereocenters. The van der Waals surface area contributed by atoms with E-state index >= 15 is 0 Å². The van der Waals surface area contributed by atoms with Gasteiger partial charge in [0.1, 0.15) is 6.54 Å². The standard InChI is InChI=1S/C26H30ClN5O2/c27-23-9-7-22(8-10-23)24-11-12-26(34)32(29-24)20-25(33)28-13-4-14-30-15-17-31(18-16-30)19-21-5-2-1-3-6-21/h1-3,5-12H,4,13-20H2,(H,28,33). The topological polar surface area (TPSA) is 70.5 Å². The number of nitrogens with one attached hydrogen (secondary N) is 1. The minimum absolute atomic E-state index is 0.0988. The molecule has 4 rings (SSSR count).